The van der Waals surface area contributed by atoms with Gasteiger partial charge in [-0.15, -0.1) is 0 Å². The maximum absolute atomic E-state index is 14.0. The lowest BCUT2D eigenvalue weighted by atomic mass is 10.1. The van der Waals surface area contributed by atoms with Crippen LogP contribution in [0, 0.1) is 23.0 Å². The Balaban J connectivity index is 2.00. The number of methoxy groups -OCH3 is 1. The first kappa shape index (κ1) is 18.2. The smallest absolute Gasteiger partial charge is 0.315 e. The highest BCUT2D eigenvalue weighted by Gasteiger charge is 2.18. The van der Waals surface area contributed by atoms with E-state index in [1.54, 1.807) is 13.0 Å². The van der Waals surface area contributed by atoms with E-state index in [2.05, 4.69) is 10.6 Å². The van der Waals surface area contributed by atoms with Crippen molar-refractivity contribution in [1.82, 2.24) is 10.6 Å². The molecule has 0 aromatic heterocycles. The van der Waals surface area contributed by atoms with Gasteiger partial charge in [0.25, 0.3) is 0 Å². The summed E-state index contributed by atoms with van der Waals surface area (Å²) in [7, 11) is 1.42. The summed E-state index contributed by atoms with van der Waals surface area (Å²) in [6, 6.07) is 8.98. The van der Waals surface area contributed by atoms with Gasteiger partial charge in [-0.1, -0.05) is 12.1 Å². The molecular weight excluding hydrogens is 328 g/mol. The molecule has 0 aliphatic rings. The third-order valence-corrected chi connectivity index (χ3v) is 3.64. The highest BCUT2D eigenvalue weighted by atomic mass is 19.1. The largest absolute Gasteiger partial charge is 0.496 e. The lowest BCUT2D eigenvalue weighted by Gasteiger charge is -2.18. The topological polar surface area (TPSA) is 74.2 Å². The molecule has 1 atom stereocenters. The fraction of sp³-hybridized carbons (Fsp3) is 0.222. The first-order chi connectivity index (χ1) is 12.0. The molecule has 130 valence electrons. The fourth-order valence-electron chi connectivity index (χ4n) is 2.37. The number of amides is 2. The predicted octanol–water partition coefficient (Wildman–Crippen LogP) is 3.41. The van der Waals surface area contributed by atoms with Gasteiger partial charge in [-0.25, -0.2) is 13.6 Å². The van der Waals surface area contributed by atoms with Crippen LogP contribution in [0.4, 0.5) is 13.6 Å². The molecule has 0 radical (unpaired) electrons. The second-order valence-corrected chi connectivity index (χ2v) is 5.32. The number of ether oxygens (including phenoxy) is 1. The molecule has 0 saturated carbocycles. The normalized spacial score (nSPS) is 11.3. The van der Waals surface area contributed by atoms with Crippen LogP contribution in [-0.2, 0) is 6.54 Å². The first-order valence-electron chi connectivity index (χ1n) is 7.51. The molecule has 0 fully saturated rings. The van der Waals surface area contributed by atoms with Crippen molar-refractivity contribution in [2.75, 3.05) is 7.11 Å². The summed E-state index contributed by atoms with van der Waals surface area (Å²) >= 11 is 0. The summed E-state index contributed by atoms with van der Waals surface area (Å²) in [5, 5.41) is 13.8. The average molecular weight is 345 g/mol. The van der Waals surface area contributed by atoms with Gasteiger partial charge in [0.1, 0.15) is 17.4 Å². The number of nitrogens with zero attached hydrogens (tertiary/aromatic N) is 1. The monoisotopic (exact) mass is 345 g/mol. The van der Waals surface area contributed by atoms with Crippen molar-refractivity contribution in [3.05, 3.63) is 64.7 Å². The maximum atomic E-state index is 14.0. The molecule has 2 amide bonds. The number of hydrogen-bond donors (Lipinski definition) is 2. The molecule has 0 aliphatic heterocycles. The van der Waals surface area contributed by atoms with Crippen molar-refractivity contribution < 1.29 is 18.3 Å². The quantitative estimate of drug-likeness (QED) is 0.872. The van der Waals surface area contributed by atoms with E-state index in [1.165, 1.54) is 31.4 Å². The Bertz CT molecular complexity index is 818. The van der Waals surface area contributed by atoms with E-state index in [0.29, 0.717) is 5.75 Å². The molecule has 0 bridgehead atoms. The molecular formula is C18H17F2N3O2. The second kappa shape index (κ2) is 8.11. The number of nitriles is 1. The summed E-state index contributed by atoms with van der Waals surface area (Å²) in [5.74, 6) is -0.751. The number of halogens is 2. The van der Waals surface area contributed by atoms with Crippen molar-refractivity contribution in [2.24, 2.45) is 0 Å². The van der Waals surface area contributed by atoms with Gasteiger partial charge in [-0.05, 0) is 31.2 Å². The lowest BCUT2D eigenvalue weighted by molar-refractivity contribution is 0.237. The zero-order chi connectivity index (χ0) is 18.4. The zero-order valence-corrected chi connectivity index (χ0v) is 13.8. The highest BCUT2D eigenvalue weighted by molar-refractivity contribution is 5.74. The van der Waals surface area contributed by atoms with E-state index in [4.69, 9.17) is 10.00 Å². The van der Waals surface area contributed by atoms with Gasteiger partial charge in [0.05, 0.1) is 30.3 Å². The second-order valence-electron chi connectivity index (χ2n) is 5.32. The summed E-state index contributed by atoms with van der Waals surface area (Å²) < 4.78 is 32.9. The minimum atomic E-state index is -0.651. The van der Waals surface area contributed by atoms with Crippen LogP contribution < -0.4 is 15.4 Å². The van der Waals surface area contributed by atoms with Crippen LogP contribution in [0.15, 0.2) is 36.4 Å². The van der Waals surface area contributed by atoms with E-state index >= 15 is 0 Å². The Labute approximate surface area is 144 Å². The van der Waals surface area contributed by atoms with Crippen molar-refractivity contribution in [3.63, 3.8) is 0 Å². The van der Waals surface area contributed by atoms with Crippen LogP contribution in [0.3, 0.4) is 0 Å². The summed E-state index contributed by atoms with van der Waals surface area (Å²) in [6.45, 7) is 1.55. The minimum Gasteiger partial charge on any atom is -0.496 e. The molecule has 1 unspecified atom stereocenters. The van der Waals surface area contributed by atoms with Gasteiger partial charge in [-0.3, -0.25) is 0 Å². The Kier molecular flexibility index (Phi) is 5.90. The fourth-order valence-corrected chi connectivity index (χ4v) is 2.37. The van der Waals surface area contributed by atoms with Crippen LogP contribution in [-0.4, -0.2) is 13.1 Å². The summed E-state index contributed by atoms with van der Waals surface area (Å²) in [6.07, 6.45) is 0. The van der Waals surface area contributed by atoms with Crippen LogP contribution in [0.25, 0.3) is 0 Å². The Morgan fingerprint density at radius 2 is 2.04 bits per heavy atom. The maximum Gasteiger partial charge on any atom is 0.315 e. The predicted molar refractivity (Wildman–Crippen MR) is 87.9 cm³/mol. The molecule has 2 rings (SSSR count). The van der Waals surface area contributed by atoms with Crippen LogP contribution >= 0.6 is 0 Å². The van der Waals surface area contributed by atoms with Crippen LogP contribution in [0.2, 0.25) is 0 Å². The third-order valence-electron chi connectivity index (χ3n) is 3.64. The number of nitrogens with one attached hydrogen (secondary N) is 2. The lowest BCUT2D eigenvalue weighted by Crippen LogP contribution is -2.37. The van der Waals surface area contributed by atoms with Gasteiger partial charge >= 0.3 is 6.03 Å². The summed E-state index contributed by atoms with van der Waals surface area (Å²) in [5.41, 5.74) is 0.668. The van der Waals surface area contributed by atoms with Crippen LogP contribution in [0.5, 0.6) is 5.75 Å². The molecule has 2 aromatic rings. The van der Waals surface area contributed by atoms with Gasteiger partial charge in [0.2, 0.25) is 0 Å². The number of carbonyl (C=O) groups excluding carboxylic acids is 1. The number of urea groups is 1. The van der Waals surface area contributed by atoms with E-state index in [0.717, 1.165) is 6.07 Å². The zero-order valence-electron chi connectivity index (χ0n) is 13.8. The van der Waals surface area contributed by atoms with Crippen molar-refractivity contribution in [3.8, 4) is 11.8 Å². The van der Waals surface area contributed by atoms with Crippen LogP contribution in [0.1, 0.15) is 29.7 Å². The Morgan fingerprint density at radius 1 is 1.28 bits per heavy atom. The SMILES string of the molecule is COc1cccc(F)c1C(C)NC(=O)NCc1ccc(C#N)cc1F. The molecule has 7 heteroatoms. The van der Waals surface area contributed by atoms with Gasteiger partial charge in [0, 0.05) is 12.1 Å². The molecule has 5 nitrogen and oxygen atoms in total. The molecule has 2 N–H and O–H groups in total. The van der Waals surface area contributed by atoms with E-state index in [1.807, 2.05) is 6.07 Å². The molecule has 25 heavy (non-hydrogen) atoms. The van der Waals surface area contributed by atoms with E-state index in [9.17, 15) is 13.6 Å². The van der Waals surface area contributed by atoms with Gasteiger partial charge in [0.15, 0.2) is 0 Å². The molecule has 0 heterocycles. The average Bonchev–Trinajstić information content (AvgIpc) is 2.60. The Hall–Kier alpha value is -3.14. The molecule has 0 aliphatic carbocycles. The first-order valence-corrected chi connectivity index (χ1v) is 7.51. The summed E-state index contributed by atoms with van der Waals surface area (Å²) in [4.78, 5) is 12.0. The van der Waals surface area contributed by atoms with Gasteiger partial charge in [-0.2, -0.15) is 5.26 Å². The minimum absolute atomic E-state index is 0.0650. The van der Waals surface area contributed by atoms with E-state index < -0.39 is 23.7 Å². The Morgan fingerprint density at radius 3 is 2.68 bits per heavy atom. The number of rotatable bonds is 5. The van der Waals surface area contributed by atoms with Crippen molar-refractivity contribution in [1.29, 1.82) is 5.26 Å². The molecule has 0 spiro atoms. The number of carbonyl (C=O) groups is 1. The molecule has 2 aromatic carbocycles. The highest BCUT2D eigenvalue weighted by Crippen LogP contribution is 2.27. The number of hydrogen-bond acceptors (Lipinski definition) is 3. The number of benzene rings is 2. The molecule has 0 saturated heterocycles. The standard InChI is InChI=1S/C18H17F2N3O2/c1-11(17-14(19)4-3-5-16(17)25-2)23-18(24)22-10-13-7-6-12(9-21)8-15(13)20/h3-8,11H,10H2,1-2H3,(H2,22,23,24). The van der Waals surface area contributed by atoms with Crippen molar-refractivity contribution in [2.45, 2.75) is 19.5 Å². The van der Waals surface area contributed by atoms with Gasteiger partial charge < -0.3 is 15.4 Å². The van der Waals surface area contributed by atoms with E-state index in [-0.39, 0.29) is 23.2 Å². The third kappa shape index (κ3) is 4.44. The van der Waals surface area contributed by atoms with Crippen molar-refractivity contribution >= 4 is 6.03 Å².